The van der Waals surface area contributed by atoms with Gasteiger partial charge in [0.15, 0.2) is 0 Å². The van der Waals surface area contributed by atoms with E-state index < -0.39 is 17.5 Å². The summed E-state index contributed by atoms with van der Waals surface area (Å²) in [4.78, 5) is 20.4. The monoisotopic (exact) mass is 185 g/mol. The van der Waals surface area contributed by atoms with E-state index in [0.717, 1.165) is 18.2 Å². The zero-order chi connectivity index (χ0) is 9.84. The van der Waals surface area contributed by atoms with Gasteiger partial charge in [0.2, 0.25) is 6.29 Å². The highest BCUT2D eigenvalue weighted by Gasteiger charge is 2.06. The van der Waals surface area contributed by atoms with Crippen molar-refractivity contribution < 1.29 is 18.4 Å². The average Bonchev–Trinajstić information content (AvgIpc) is 2.11. The predicted molar refractivity (Wildman–Crippen MR) is 41.1 cm³/mol. The van der Waals surface area contributed by atoms with Crippen LogP contribution in [0.3, 0.4) is 0 Å². The largest absolute Gasteiger partial charge is 0.317 e. The van der Waals surface area contributed by atoms with Gasteiger partial charge in [-0.15, -0.1) is 0 Å². The molecule has 0 aliphatic rings. The maximum absolute atomic E-state index is 12.8. The predicted octanol–water partition coefficient (Wildman–Crippen LogP) is 1.10. The van der Waals surface area contributed by atoms with E-state index in [1.165, 1.54) is 0 Å². The fourth-order valence-electron chi connectivity index (χ4n) is 0.755. The van der Waals surface area contributed by atoms with Crippen molar-refractivity contribution >= 4 is 17.9 Å². The van der Waals surface area contributed by atoms with E-state index in [9.17, 15) is 18.4 Å². The molecule has 0 aromatic heterocycles. The molecule has 0 atom stereocenters. The van der Waals surface area contributed by atoms with Crippen LogP contribution < -0.4 is 5.32 Å². The van der Waals surface area contributed by atoms with Gasteiger partial charge in [-0.25, -0.2) is 8.78 Å². The van der Waals surface area contributed by atoms with Crippen LogP contribution in [-0.4, -0.2) is 12.2 Å². The Morgan fingerprint density at radius 3 is 2.69 bits per heavy atom. The van der Waals surface area contributed by atoms with Crippen molar-refractivity contribution in [2.45, 2.75) is 0 Å². The first kappa shape index (κ1) is 9.31. The summed E-state index contributed by atoms with van der Waals surface area (Å²) >= 11 is 0. The summed E-state index contributed by atoms with van der Waals surface area (Å²) in [5.74, 6) is -2.51. The summed E-state index contributed by atoms with van der Waals surface area (Å²) in [6.45, 7) is 0. The third-order valence-electron chi connectivity index (χ3n) is 1.29. The maximum atomic E-state index is 12.8. The molecule has 0 unspecified atom stereocenters. The van der Waals surface area contributed by atoms with E-state index in [1.807, 2.05) is 5.32 Å². The fourth-order valence-corrected chi connectivity index (χ4v) is 0.755. The highest BCUT2D eigenvalue weighted by atomic mass is 19.1. The normalized spacial score (nSPS) is 9.38. The lowest BCUT2D eigenvalue weighted by atomic mass is 10.3. The van der Waals surface area contributed by atoms with E-state index in [-0.39, 0.29) is 12.0 Å². The smallest absolute Gasteiger partial charge is 0.288 e. The van der Waals surface area contributed by atoms with Gasteiger partial charge in [-0.3, -0.25) is 9.59 Å². The Labute approximate surface area is 72.4 Å². The number of benzene rings is 1. The van der Waals surface area contributed by atoms with Crippen molar-refractivity contribution in [1.82, 2.24) is 0 Å². The first-order valence-electron chi connectivity index (χ1n) is 3.34. The maximum Gasteiger partial charge on any atom is 0.288 e. The molecule has 0 aliphatic heterocycles. The minimum absolute atomic E-state index is 0.0235. The number of hydrogen-bond donors (Lipinski definition) is 1. The molecule has 0 saturated heterocycles. The number of amides is 1. The minimum atomic E-state index is -1.02. The Morgan fingerprint density at radius 1 is 1.38 bits per heavy atom. The summed E-state index contributed by atoms with van der Waals surface area (Å²) in [6.07, 6.45) is -0.0235. The highest BCUT2D eigenvalue weighted by Crippen LogP contribution is 2.14. The quantitative estimate of drug-likeness (QED) is 0.554. The van der Waals surface area contributed by atoms with Crippen molar-refractivity contribution in [3.8, 4) is 0 Å². The first-order valence-corrected chi connectivity index (χ1v) is 3.34. The summed E-state index contributed by atoms with van der Waals surface area (Å²) in [5.41, 5.74) is -0.350. The summed E-state index contributed by atoms with van der Waals surface area (Å²) in [5, 5.41) is 1.88. The molecule has 68 valence electrons. The van der Waals surface area contributed by atoms with Crippen molar-refractivity contribution in [3.05, 3.63) is 29.8 Å². The van der Waals surface area contributed by atoms with Crippen LogP contribution in [0.15, 0.2) is 18.2 Å². The summed E-state index contributed by atoms with van der Waals surface area (Å²) < 4.78 is 25.3. The lowest BCUT2D eigenvalue weighted by Crippen LogP contribution is -2.13. The Bertz CT molecular complexity index is 352. The molecule has 13 heavy (non-hydrogen) atoms. The number of carbonyl (C=O) groups is 2. The molecule has 0 radical (unpaired) electrons. The Balaban J connectivity index is 2.93. The number of rotatable bonds is 2. The average molecular weight is 185 g/mol. The SMILES string of the molecule is O=CC(=O)Nc1cc(F)ccc1F. The van der Waals surface area contributed by atoms with Crippen molar-refractivity contribution in [3.63, 3.8) is 0 Å². The van der Waals surface area contributed by atoms with Gasteiger partial charge in [0, 0.05) is 6.07 Å². The van der Waals surface area contributed by atoms with E-state index in [2.05, 4.69) is 0 Å². The van der Waals surface area contributed by atoms with Crippen LogP contribution in [0.2, 0.25) is 0 Å². The molecule has 1 amide bonds. The molecule has 1 aromatic carbocycles. The standard InChI is InChI=1S/C8H5F2NO2/c9-5-1-2-6(10)7(3-5)11-8(13)4-12/h1-4H,(H,11,13). The van der Waals surface area contributed by atoms with Gasteiger partial charge in [0.05, 0.1) is 5.69 Å². The van der Waals surface area contributed by atoms with Gasteiger partial charge in [-0.05, 0) is 12.1 Å². The number of carbonyl (C=O) groups excluding carboxylic acids is 2. The van der Waals surface area contributed by atoms with Crippen LogP contribution in [0.25, 0.3) is 0 Å². The number of nitrogens with one attached hydrogen (secondary N) is 1. The van der Waals surface area contributed by atoms with Crippen LogP contribution in [0.4, 0.5) is 14.5 Å². The van der Waals surface area contributed by atoms with Crippen LogP contribution >= 0.6 is 0 Å². The number of aldehydes is 1. The Kier molecular flexibility index (Phi) is 2.69. The molecule has 1 aromatic rings. The number of halogens is 2. The summed E-state index contributed by atoms with van der Waals surface area (Å²) in [7, 11) is 0. The van der Waals surface area contributed by atoms with Gasteiger partial charge in [-0.1, -0.05) is 0 Å². The summed E-state index contributed by atoms with van der Waals surface area (Å²) in [6, 6.07) is 2.55. The lowest BCUT2D eigenvalue weighted by molar-refractivity contribution is -0.127. The van der Waals surface area contributed by atoms with Gasteiger partial charge < -0.3 is 5.32 Å². The van der Waals surface area contributed by atoms with Gasteiger partial charge in [-0.2, -0.15) is 0 Å². The Hall–Kier alpha value is -1.78. The molecule has 0 fully saturated rings. The molecule has 0 bridgehead atoms. The molecule has 1 N–H and O–H groups in total. The van der Waals surface area contributed by atoms with Gasteiger partial charge >= 0.3 is 0 Å². The van der Waals surface area contributed by atoms with Crippen molar-refractivity contribution in [2.75, 3.05) is 5.32 Å². The molecule has 0 saturated carbocycles. The molecular formula is C8H5F2NO2. The molecule has 1 rings (SSSR count). The third-order valence-corrected chi connectivity index (χ3v) is 1.29. The van der Waals surface area contributed by atoms with Crippen LogP contribution in [0.1, 0.15) is 0 Å². The van der Waals surface area contributed by atoms with Crippen LogP contribution in [0.5, 0.6) is 0 Å². The number of hydrogen-bond acceptors (Lipinski definition) is 2. The van der Waals surface area contributed by atoms with E-state index in [0.29, 0.717) is 0 Å². The lowest BCUT2D eigenvalue weighted by Gasteiger charge is -2.01. The van der Waals surface area contributed by atoms with E-state index >= 15 is 0 Å². The van der Waals surface area contributed by atoms with Gasteiger partial charge in [0.25, 0.3) is 5.91 Å². The highest BCUT2D eigenvalue weighted by molar-refractivity contribution is 6.29. The molecule has 0 heterocycles. The topological polar surface area (TPSA) is 46.2 Å². The second kappa shape index (κ2) is 3.75. The first-order chi connectivity index (χ1) is 6.13. The Morgan fingerprint density at radius 2 is 2.08 bits per heavy atom. The molecule has 3 nitrogen and oxygen atoms in total. The van der Waals surface area contributed by atoms with E-state index in [4.69, 9.17) is 0 Å². The van der Waals surface area contributed by atoms with E-state index in [1.54, 1.807) is 0 Å². The molecule has 5 heteroatoms. The number of anilines is 1. The second-order valence-corrected chi connectivity index (χ2v) is 2.23. The van der Waals surface area contributed by atoms with Crippen LogP contribution in [-0.2, 0) is 9.59 Å². The third kappa shape index (κ3) is 2.33. The second-order valence-electron chi connectivity index (χ2n) is 2.23. The zero-order valence-corrected chi connectivity index (χ0v) is 6.38. The van der Waals surface area contributed by atoms with Crippen molar-refractivity contribution in [2.24, 2.45) is 0 Å². The minimum Gasteiger partial charge on any atom is -0.317 e. The fraction of sp³-hybridized carbons (Fsp3) is 0. The molecule has 0 aliphatic carbocycles. The van der Waals surface area contributed by atoms with Crippen LogP contribution in [0, 0.1) is 11.6 Å². The molecule has 0 spiro atoms. The van der Waals surface area contributed by atoms with Gasteiger partial charge in [0.1, 0.15) is 11.6 Å². The molecular weight excluding hydrogens is 180 g/mol. The van der Waals surface area contributed by atoms with Crippen molar-refractivity contribution in [1.29, 1.82) is 0 Å². The zero-order valence-electron chi connectivity index (χ0n) is 6.38.